The molecule has 2 heteroatoms. The fourth-order valence-electron chi connectivity index (χ4n) is 2.52. The number of aryl methyl sites for hydroxylation is 2. The highest BCUT2D eigenvalue weighted by Crippen LogP contribution is 2.26. The quantitative estimate of drug-likeness (QED) is 0.796. The lowest BCUT2D eigenvalue weighted by atomic mass is 9.97. The highest BCUT2D eigenvalue weighted by Gasteiger charge is 2.10. The lowest BCUT2D eigenvalue weighted by Crippen LogP contribution is -2.28. The van der Waals surface area contributed by atoms with Crippen LogP contribution in [-0.4, -0.2) is 19.7 Å². The summed E-state index contributed by atoms with van der Waals surface area (Å²) >= 11 is 0. The number of nitrogens with one attached hydrogen (secondary N) is 1. The standard InChI is InChI=1S/C16H27NO/c1-6-14(17-7-2)8-9-15-13(4)10-12(3)11-16(15)18-5/h10-11,14,17H,6-9H2,1-5H3. The summed E-state index contributed by atoms with van der Waals surface area (Å²) in [6, 6.07) is 4.99. The Morgan fingerprint density at radius 2 is 1.94 bits per heavy atom. The summed E-state index contributed by atoms with van der Waals surface area (Å²) in [4.78, 5) is 0. The molecule has 1 unspecified atom stereocenters. The molecule has 18 heavy (non-hydrogen) atoms. The smallest absolute Gasteiger partial charge is 0.122 e. The van der Waals surface area contributed by atoms with E-state index >= 15 is 0 Å². The van der Waals surface area contributed by atoms with E-state index in [2.05, 4.69) is 45.1 Å². The van der Waals surface area contributed by atoms with Crippen LogP contribution in [0.25, 0.3) is 0 Å². The Kier molecular flexibility index (Phi) is 6.20. The fraction of sp³-hybridized carbons (Fsp3) is 0.625. The van der Waals surface area contributed by atoms with Gasteiger partial charge in [-0.1, -0.05) is 19.9 Å². The molecule has 0 fully saturated rings. The van der Waals surface area contributed by atoms with Crippen molar-refractivity contribution in [1.29, 1.82) is 0 Å². The number of ether oxygens (including phenoxy) is 1. The average Bonchev–Trinajstić information content (AvgIpc) is 2.35. The SMILES string of the molecule is CCNC(CC)CCc1c(C)cc(C)cc1OC. The van der Waals surface area contributed by atoms with Crippen LogP contribution in [0.1, 0.15) is 43.4 Å². The number of hydrogen-bond acceptors (Lipinski definition) is 2. The van der Waals surface area contributed by atoms with Crippen molar-refractivity contribution >= 4 is 0 Å². The van der Waals surface area contributed by atoms with E-state index in [0.29, 0.717) is 6.04 Å². The van der Waals surface area contributed by atoms with Crippen LogP contribution in [0.5, 0.6) is 5.75 Å². The molecule has 1 N–H and O–H groups in total. The Morgan fingerprint density at radius 1 is 1.22 bits per heavy atom. The van der Waals surface area contributed by atoms with Crippen molar-refractivity contribution in [2.75, 3.05) is 13.7 Å². The van der Waals surface area contributed by atoms with E-state index in [-0.39, 0.29) is 0 Å². The van der Waals surface area contributed by atoms with Crippen LogP contribution in [0.3, 0.4) is 0 Å². The van der Waals surface area contributed by atoms with Crippen LogP contribution in [0, 0.1) is 13.8 Å². The maximum atomic E-state index is 5.51. The molecule has 102 valence electrons. The Labute approximate surface area is 112 Å². The Morgan fingerprint density at radius 3 is 2.50 bits per heavy atom. The van der Waals surface area contributed by atoms with Gasteiger partial charge in [-0.2, -0.15) is 0 Å². The molecular formula is C16H27NO. The summed E-state index contributed by atoms with van der Waals surface area (Å²) in [5.41, 5.74) is 3.98. The third-order valence-corrected chi connectivity index (χ3v) is 3.52. The largest absolute Gasteiger partial charge is 0.496 e. The van der Waals surface area contributed by atoms with E-state index < -0.39 is 0 Å². The van der Waals surface area contributed by atoms with Gasteiger partial charge in [0.2, 0.25) is 0 Å². The monoisotopic (exact) mass is 249 g/mol. The molecule has 0 spiro atoms. The summed E-state index contributed by atoms with van der Waals surface area (Å²) in [7, 11) is 1.76. The van der Waals surface area contributed by atoms with Crippen LogP contribution in [0.2, 0.25) is 0 Å². The predicted octanol–water partition coefficient (Wildman–Crippen LogP) is 3.63. The van der Waals surface area contributed by atoms with Crippen LogP contribution >= 0.6 is 0 Å². The van der Waals surface area contributed by atoms with Crippen molar-refractivity contribution < 1.29 is 4.74 Å². The highest BCUT2D eigenvalue weighted by atomic mass is 16.5. The van der Waals surface area contributed by atoms with Gasteiger partial charge >= 0.3 is 0 Å². The van der Waals surface area contributed by atoms with Gasteiger partial charge in [-0.05, 0) is 62.4 Å². The lowest BCUT2D eigenvalue weighted by molar-refractivity contribution is 0.405. The van der Waals surface area contributed by atoms with Gasteiger partial charge in [-0.3, -0.25) is 0 Å². The van der Waals surface area contributed by atoms with Crippen molar-refractivity contribution in [3.63, 3.8) is 0 Å². The molecule has 0 amide bonds. The first-order valence-electron chi connectivity index (χ1n) is 6.99. The number of hydrogen-bond donors (Lipinski definition) is 1. The Hall–Kier alpha value is -1.02. The van der Waals surface area contributed by atoms with Gasteiger partial charge in [-0.25, -0.2) is 0 Å². The number of methoxy groups -OCH3 is 1. The zero-order valence-corrected chi connectivity index (χ0v) is 12.5. The van der Waals surface area contributed by atoms with Gasteiger partial charge in [0.15, 0.2) is 0 Å². The number of rotatable bonds is 7. The van der Waals surface area contributed by atoms with E-state index in [1.54, 1.807) is 7.11 Å². The molecule has 1 atom stereocenters. The predicted molar refractivity (Wildman–Crippen MR) is 78.5 cm³/mol. The van der Waals surface area contributed by atoms with Crippen molar-refractivity contribution in [2.24, 2.45) is 0 Å². The minimum absolute atomic E-state index is 0.611. The molecular weight excluding hydrogens is 222 g/mol. The minimum Gasteiger partial charge on any atom is -0.496 e. The third kappa shape index (κ3) is 4.02. The molecule has 2 nitrogen and oxygen atoms in total. The number of benzene rings is 1. The van der Waals surface area contributed by atoms with E-state index in [0.717, 1.165) is 18.7 Å². The minimum atomic E-state index is 0.611. The molecule has 0 saturated heterocycles. The maximum Gasteiger partial charge on any atom is 0.122 e. The Bertz CT molecular complexity index is 374. The van der Waals surface area contributed by atoms with Gasteiger partial charge in [0.1, 0.15) is 5.75 Å². The van der Waals surface area contributed by atoms with E-state index in [1.165, 1.54) is 29.5 Å². The topological polar surface area (TPSA) is 21.3 Å². The highest BCUT2D eigenvalue weighted by molar-refractivity contribution is 5.43. The normalized spacial score (nSPS) is 12.5. The van der Waals surface area contributed by atoms with Crippen LogP contribution in [-0.2, 0) is 6.42 Å². The maximum absolute atomic E-state index is 5.51. The molecule has 0 aliphatic rings. The molecule has 0 saturated carbocycles. The molecule has 0 radical (unpaired) electrons. The third-order valence-electron chi connectivity index (χ3n) is 3.52. The van der Waals surface area contributed by atoms with Crippen molar-refractivity contribution in [2.45, 2.75) is 53.0 Å². The molecule has 1 aromatic carbocycles. The Balaban J connectivity index is 2.77. The first-order chi connectivity index (χ1) is 8.62. The molecule has 1 rings (SSSR count). The summed E-state index contributed by atoms with van der Waals surface area (Å²) in [6.07, 6.45) is 3.44. The molecule has 0 aliphatic heterocycles. The average molecular weight is 249 g/mol. The zero-order chi connectivity index (χ0) is 13.5. The summed E-state index contributed by atoms with van der Waals surface area (Å²) in [5.74, 6) is 1.04. The fourth-order valence-corrected chi connectivity index (χ4v) is 2.52. The van der Waals surface area contributed by atoms with Crippen molar-refractivity contribution in [1.82, 2.24) is 5.32 Å². The zero-order valence-electron chi connectivity index (χ0n) is 12.5. The van der Waals surface area contributed by atoms with Crippen LogP contribution < -0.4 is 10.1 Å². The molecule has 0 aromatic heterocycles. The van der Waals surface area contributed by atoms with Gasteiger partial charge in [0, 0.05) is 6.04 Å². The van der Waals surface area contributed by atoms with Crippen molar-refractivity contribution in [3.8, 4) is 5.75 Å². The molecule has 0 aliphatic carbocycles. The second-order valence-electron chi connectivity index (χ2n) is 4.96. The van der Waals surface area contributed by atoms with E-state index in [9.17, 15) is 0 Å². The first kappa shape index (κ1) is 15.0. The van der Waals surface area contributed by atoms with Crippen molar-refractivity contribution in [3.05, 3.63) is 28.8 Å². The van der Waals surface area contributed by atoms with Gasteiger partial charge in [0.05, 0.1) is 7.11 Å². The first-order valence-corrected chi connectivity index (χ1v) is 6.99. The summed E-state index contributed by atoms with van der Waals surface area (Å²) < 4.78 is 5.51. The van der Waals surface area contributed by atoms with Gasteiger partial charge in [0.25, 0.3) is 0 Å². The van der Waals surface area contributed by atoms with E-state index in [1.807, 2.05) is 0 Å². The molecule has 1 aromatic rings. The van der Waals surface area contributed by atoms with Crippen LogP contribution in [0.4, 0.5) is 0 Å². The van der Waals surface area contributed by atoms with Gasteiger partial charge < -0.3 is 10.1 Å². The lowest BCUT2D eigenvalue weighted by Gasteiger charge is -2.18. The second-order valence-corrected chi connectivity index (χ2v) is 4.96. The second kappa shape index (κ2) is 7.42. The van der Waals surface area contributed by atoms with Gasteiger partial charge in [-0.15, -0.1) is 0 Å². The van der Waals surface area contributed by atoms with E-state index in [4.69, 9.17) is 4.74 Å². The molecule has 0 heterocycles. The summed E-state index contributed by atoms with van der Waals surface area (Å²) in [6.45, 7) is 9.75. The summed E-state index contributed by atoms with van der Waals surface area (Å²) in [5, 5.41) is 3.53. The molecule has 0 bridgehead atoms. The van der Waals surface area contributed by atoms with Crippen LogP contribution in [0.15, 0.2) is 12.1 Å².